The van der Waals surface area contributed by atoms with E-state index in [9.17, 15) is 9.59 Å². The molecule has 0 bridgehead atoms. The molecule has 1 aromatic carbocycles. The van der Waals surface area contributed by atoms with Crippen LogP contribution in [0.2, 0.25) is 0 Å². The fourth-order valence-electron chi connectivity index (χ4n) is 2.64. The Morgan fingerprint density at radius 1 is 1.45 bits per heavy atom. The van der Waals surface area contributed by atoms with E-state index in [0.29, 0.717) is 12.8 Å². The third kappa shape index (κ3) is 3.07. The maximum Gasteiger partial charge on any atom is 0.326 e. The van der Waals surface area contributed by atoms with Crippen LogP contribution in [0.15, 0.2) is 36.9 Å². The van der Waals surface area contributed by atoms with Crippen molar-refractivity contribution < 1.29 is 14.7 Å². The van der Waals surface area contributed by atoms with Gasteiger partial charge in [-0.15, -0.1) is 6.58 Å². The monoisotopic (exact) mass is 273 g/mol. The van der Waals surface area contributed by atoms with Gasteiger partial charge in [-0.1, -0.05) is 30.3 Å². The van der Waals surface area contributed by atoms with E-state index in [2.05, 4.69) is 11.9 Å². The smallest absolute Gasteiger partial charge is 0.326 e. The van der Waals surface area contributed by atoms with Crippen LogP contribution in [0, 0.1) is 0 Å². The molecule has 2 rings (SSSR count). The third-order valence-electron chi connectivity index (χ3n) is 3.72. The SMILES string of the molecule is C=CCCC(NC(=O)C1CCc2ccccc21)C(=O)O. The topological polar surface area (TPSA) is 66.4 Å². The van der Waals surface area contributed by atoms with Crippen LogP contribution in [0.5, 0.6) is 0 Å². The van der Waals surface area contributed by atoms with Crippen LogP contribution in [-0.4, -0.2) is 23.0 Å². The Morgan fingerprint density at radius 3 is 2.90 bits per heavy atom. The zero-order valence-corrected chi connectivity index (χ0v) is 11.3. The van der Waals surface area contributed by atoms with Crippen LogP contribution >= 0.6 is 0 Å². The molecule has 2 N–H and O–H groups in total. The highest BCUT2D eigenvalue weighted by molar-refractivity contribution is 5.88. The summed E-state index contributed by atoms with van der Waals surface area (Å²) in [5, 5.41) is 11.8. The molecule has 4 nitrogen and oxygen atoms in total. The lowest BCUT2D eigenvalue weighted by Gasteiger charge is -2.17. The summed E-state index contributed by atoms with van der Waals surface area (Å²) in [6.45, 7) is 3.57. The highest BCUT2D eigenvalue weighted by atomic mass is 16.4. The lowest BCUT2D eigenvalue weighted by Crippen LogP contribution is -2.42. The van der Waals surface area contributed by atoms with E-state index in [4.69, 9.17) is 5.11 Å². The summed E-state index contributed by atoms with van der Waals surface area (Å²) in [7, 11) is 0. The minimum absolute atomic E-state index is 0.189. The summed E-state index contributed by atoms with van der Waals surface area (Å²) >= 11 is 0. The quantitative estimate of drug-likeness (QED) is 0.781. The van der Waals surface area contributed by atoms with E-state index in [-0.39, 0.29) is 11.8 Å². The number of allylic oxidation sites excluding steroid dienone is 1. The van der Waals surface area contributed by atoms with Gasteiger partial charge in [-0.3, -0.25) is 4.79 Å². The molecule has 0 spiro atoms. The van der Waals surface area contributed by atoms with E-state index in [0.717, 1.165) is 18.4 Å². The number of fused-ring (bicyclic) bond motifs is 1. The Bertz CT molecular complexity index is 524. The van der Waals surface area contributed by atoms with Gasteiger partial charge < -0.3 is 10.4 Å². The molecule has 2 unspecified atom stereocenters. The first-order valence-electron chi connectivity index (χ1n) is 6.85. The molecule has 1 amide bonds. The summed E-state index contributed by atoms with van der Waals surface area (Å²) in [4.78, 5) is 23.4. The molecular weight excluding hydrogens is 254 g/mol. The molecule has 0 saturated carbocycles. The van der Waals surface area contributed by atoms with Crippen LogP contribution in [-0.2, 0) is 16.0 Å². The number of nitrogens with one attached hydrogen (secondary N) is 1. The number of hydrogen-bond donors (Lipinski definition) is 2. The summed E-state index contributed by atoms with van der Waals surface area (Å²) in [5.74, 6) is -1.41. The van der Waals surface area contributed by atoms with Crippen molar-refractivity contribution in [2.24, 2.45) is 0 Å². The van der Waals surface area contributed by atoms with E-state index >= 15 is 0 Å². The van der Waals surface area contributed by atoms with Gasteiger partial charge in [0.1, 0.15) is 6.04 Å². The maximum atomic E-state index is 12.3. The maximum absolute atomic E-state index is 12.3. The van der Waals surface area contributed by atoms with Gasteiger partial charge in [0.05, 0.1) is 5.92 Å². The molecule has 1 aliphatic carbocycles. The number of rotatable bonds is 6. The normalized spacial score (nSPS) is 18.1. The summed E-state index contributed by atoms with van der Waals surface area (Å²) < 4.78 is 0. The standard InChI is InChI=1S/C16H19NO3/c1-2-3-8-14(16(19)20)17-15(18)13-10-9-11-6-4-5-7-12(11)13/h2,4-7,13-14H,1,3,8-10H2,(H,17,18)(H,19,20). The van der Waals surface area contributed by atoms with Crippen LogP contribution in [0.25, 0.3) is 0 Å². The molecule has 1 aliphatic rings. The minimum Gasteiger partial charge on any atom is -0.480 e. The van der Waals surface area contributed by atoms with E-state index < -0.39 is 12.0 Å². The minimum atomic E-state index is -0.994. The van der Waals surface area contributed by atoms with Crippen molar-refractivity contribution in [2.75, 3.05) is 0 Å². The fourth-order valence-corrected chi connectivity index (χ4v) is 2.64. The van der Waals surface area contributed by atoms with Crippen molar-refractivity contribution >= 4 is 11.9 Å². The zero-order valence-electron chi connectivity index (χ0n) is 11.3. The summed E-state index contributed by atoms with van der Waals surface area (Å²) in [6, 6.07) is 7.01. The first-order valence-corrected chi connectivity index (χ1v) is 6.85. The van der Waals surface area contributed by atoms with Gasteiger partial charge >= 0.3 is 5.97 Å². The van der Waals surface area contributed by atoms with E-state index in [1.165, 1.54) is 5.56 Å². The number of hydrogen-bond acceptors (Lipinski definition) is 2. The summed E-state index contributed by atoms with van der Waals surface area (Å²) in [5.41, 5.74) is 2.21. The van der Waals surface area contributed by atoms with Gasteiger partial charge in [0.2, 0.25) is 5.91 Å². The van der Waals surface area contributed by atoms with Crippen molar-refractivity contribution in [2.45, 2.75) is 37.6 Å². The second kappa shape index (κ2) is 6.37. The highest BCUT2D eigenvalue weighted by Crippen LogP contribution is 2.32. The predicted octanol–water partition coefficient (Wildman–Crippen LogP) is 2.25. The molecule has 1 aromatic rings. The molecular formula is C16H19NO3. The predicted molar refractivity (Wildman–Crippen MR) is 76.5 cm³/mol. The first-order chi connectivity index (χ1) is 9.63. The molecule has 4 heteroatoms. The van der Waals surface area contributed by atoms with E-state index in [1.54, 1.807) is 6.08 Å². The number of aliphatic carboxylic acids is 1. The number of aryl methyl sites for hydroxylation is 1. The average molecular weight is 273 g/mol. The van der Waals surface area contributed by atoms with Gasteiger partial charge in [0.15, 0.2) is 0 Å². The van der Waals surface area contributed by atoms with Gasteiger partial charge in [-0.05, 0) is 36.8 Å². The van der Waals surface area contributed by atoms with Crippen molar-refractivity contribution in [1.29, 1.82) is 0 Å². The third-order valence-corrected chi connectivity index (χ3v) is 3.72. The second-order valence-electron chi connectivity index (χ2n) is 5.06. The Morgan fingerprint density at radius 2 is 2.20 bits per heavy atom. The van der Waals surface area contributed by atoms with Crippen LogP contribution < -0.4 is 5.32 Å². The number of carbonyl (C=O) groups excluding carboxylic acids is 1. The second-order valence-corrected chi connectivity index (χ2v) is 5.06. The number of carboxylic acid groups (broad SMARTS) is 1. The van der Waals surface area contributed by atoms with Gasteiger partial charge in [0.25, 0.3) is 0 Å². The number of carboxylic acids is 1. The number of carbonyl (C=O) groups is 2. The molecule has 2 atom stereocenters. The Labute approximate surface area is 118 Å². The lowest BCUT2D eigenvalue weighted by molar-refractivity contribution is -0.142. The van der Waals surface area contributed by atoms with Gasteiger partial charge in [-0.25, -0.2) is 4.79 Å². The molecule has 0 heterocycles. The van der Waals surface area contributed by atoms with E-state index in [1.807, 2.05) is 24.3 Å². The number of benzene rings is 1. The van der Waals surface area contributed by atoms with Crippen molar-refractivity contribution in [3.05, 3.63) is 48.0 Å². The molecule has 0 fully saturated rings. The molecule has 0 aromatic heterocycles. The van der Waals surface area contributed by atoms with Crippen molar-refractivity contribution in [1.82, 2.24) is 5.32 Å². The average Bonchev–Trinajstić information content (AvgIpc) is 2.87. The highest BCUT2D eigenvalue weighted by Gasteiger charge is 2.30. The Balaban J connectivity index is 2.05. The molecule has 0 saturated heterocycles. The molecule has 0 radical (unpaired) electrons. The zero-order chi connectivity index (χ0) is 14.5. The lowest BCUT2D eigenvalue weighted by atomic mass is 9.99. The van der Waals surface area contributed by atoms with Crippen molar-refractivity contribution in [3.8, 4) is 0 Å². The molecule has 20 heavy (non-hydrogen) atoms. The van der Waals surface area contributed by atoms with Gasteiger partial charge in [0, 0.05) is 0 Å². The largest absolute Gasteiger partial charge is 0.480 e. The summed E-state index contributed by atoms with van der Waals surface area (Å²) in [6.07, 6.45) is 4.22. The van der Waals surface area contributed by atoms with Crippen LogP contribution in [0.1, 0.15) is 36.3 Å². The Hall–Kier alpha value is -2.10. The Kier molecular flexibility index (Phi) is 4.56. The van der Waals surface area contributed by atoms with Crippen LogP contribution in [0.4, 0.5) is 0 Å². The van der Waals surface area contributed by atoms with Crippen LogP contribution in [0.3, 0.4) is 0 Å². The fraction of sp³-hybridized carbons (Fsp3) is 0.375. The first kappa shape index (κ1) is 14.3. The molecule has 106 valence electrons. The van der Waals surface area contributed by atoms with Crippen molar-refractivity contribution in [3.63, 3.8) is 0 Å². The van der Waals surface area contributed by atoms with Gasteiger partial charge in [-0.2, -0.15) is 0 Å². The molecule has 0 aliphatic heterocycles. The number of amides is 1.